The molecule has 0 radical (unpaired) electrons. The molecule has 1 unspecified atom stereocenters. The van der Waals surface area contributed by atoms with Crippen LogP contribution in [0.25, 0.3) is 11.3 Å². The van der Waals surface area contributed by atoms with Crippen molar-refractivity contribution >= 4 is 21.6 Å². The van der Waals surface area contributed by atoms with Gasteiger partial charge in [0.1, 0.15) is 5.78 Å². The number of pyridine rings is 1. The molecule has 1 aliphatic heterocycles. The Bertz CT molecular complexity index is 1530. The molecule has 38 heavy (non-hydrogen) atoms. The van der Waals surface area contributed by atoms with E-state index in [0.29, 0.717) is 42.1 Å². The minimum atomic E-state index is -3.76. The summed E-state index contributed by atoms with van der Waals surface area (Å²) in [6, 6.07) is 17.6. The molecule has 1 aromatic heterocycles. The molecule has 2 heterocycles. The van der Waals surface area contributed by atoms with Crippen molar-refractivity contribution < 1.29 is 32.6 Å². The first-order valence-electron chi connectivity index (χ1n) is 12.7. The summed E-state index contributed by atoms with van der Waals surface area (Å²) in [6.45, 7) is 0.187. The number of fused-ring (bicyclic) bond motifs is 1. The number of hydrogen-bond donors (Lipinski definition) is 1. The lowest BCUT2D eigenvalue weighted by Crippen LogP contribution is -2.30. The average Bonchev–Trinajstić information content (AvgIpc) is 3.33. The first-order chi connectivity index (χ1) is 18.3. The third kappa shape index (κ3) is 4.24. The maximum Gasteiger partial charge on any atom is 0.307 e. The van der Waals surface area contributed by atoms with E-state index in [-0.39, 0.29) is 23.9 Å². The average molecular weight is 534 g/mol. The Hall–Kier alpha value is -3.72. The van der Waals surface area contributed by atoms with Crippen LogP contribution in [-0.4, -0.2) is 42.3 Å². The van der Waals surface area contributed by atoms with Crippen molar-refractivity contribution in [1.29, 1.82) is 0 Å². The lowest BCUT2D eigenvalue weighted by atomic mass is 9.88. The number of nitrogens with zero attached hydrogens (tertiary/aromatic N) is 1. The van der Waals surface area contributed by atoms with Gasteiger partial charge in [0.25, 0.3) is 0 Å². The van der Waals surface area contributed by atoms with E-state index in [1.54, 1.807) is 12.1 Å². The highest BCUT2D eigenvalue weighted by atomic mass is 32.2. The van der Waals surface area contributed by atoms with E-state index in [1.807, 2.05) is 36.4 Å². The summed E-state index contributed by atoms with van der Waals surface area (Å²) in [5.41, 5.74) is 2.41. The van der Waals surface area contributed by atoms with Crippen LogP contribution in [0.15, 0.2) is 65.6 Å². The molecule has 3 aliphatic rings. The van der Waals surface area contributed by atoms with Gasteiger partial charge in [-0.25, -0.2) is 8.42 Å². The smallest absolute Gasteiger partial charge is 0.307 e. The highest BCUT2D eigenvalue weighted by Crippen LogP contribution is 2.51. The Kier molecular flexibility index (Phi) is 5.98. The van der Waals surface area contributed by atoms with Crippen LogP contribution < -0.4 is 9.47 Å². The molecule has 196 valence electrons. The zero-order valence-electron chi connectivity index (χ0n) is 20.6. The summed E-state index contributed by atoms with van der Waals surface area (Å²) in [4.78, 5) is 29.7. The maximum absolute atomic E-state index is 13.4. The molecule has 0 amide bonds. The zero-order chi connectivity index (χ0) is 26.5. The van der Waals surface area contributed by atoms with Gasteiger partial charge in [-0.05, 0) is 67.6 Å². The van der Waals surface area contributed by atoms with Crippen LogP contribution in [0.2, 0.25) is 0 Å². The Balaban J connectivity index is 1.19. The fraction of sp³-hybridized carbons (Fsp3) is 0.345. The highest BCUT2D eigenvalue weighted by molar-refractivity contribution is 7.92. The van der Waals surface area contributed by atoms with Gasteiger partial charge in [-0.3, -0.25) is 14.6 Å². The van der Waals surface area contributed by atoms with E-state index in [4.69, 9.17) is 9.47 Å². The lowest BCUT2D eigenvalue weighted by molar-refractivity contribution is -0.141. The molecule has 1 N–H and O–H groups in total. The van der Waals surface area contributed by atoms with Gasteiger partial charge in [-0.15, -0.1) is 0 Å². The number of hydrogen-bond acceptors (Lipinski definition) is 7. The van der Waals surface area contributed by atoms with Crippen LogP contribution in [0, 0.1) is 5.92 Å². The zero-order valence-corrected chi connectivity index (χ0v) is 21.4. The number of benzene rings is 2. The summed E-state index contributed by atoms with van der Waals surface area (Å²) in [6.07, 6.45) is 3.07. The molecule has 2 fully saturated rings. The number of carbonyl (C=O) groups excluding carboxylic acids is 1. The molecule has 0 bridgehead atoms. The molecule has 2 aromatic carbocycles. The van der Waals surface area contributed by atoms with Crippen molar-refractivity contribution in [3.63, 3.8) is 0 Å². The topological polar surface area (TPSA) is 120 Å². The number of aliphatic carboxylic acids is 1. The van der Waals surface area contributed by atoms with Crippen molar-refractivity contribution in [1.82, 2.24) is 4.98 Å². The number of carboxylic acids is 1. The number of carbonyl (C=O) groups is 2. The predicted molar refractivity (Wildman–Crippen MR) is 138 cm³/mol. The van der Waals surface area contributed by atoms with Crippen molar-refractivity contribution in [2.75, 3.05) is 6.79 Å². The minimum absolute atomic E-state index is 0.104. The molecule has 8 nitrogen and oxygen atoms in total. The van der Waals surface area contributed by atoms with Crippen LogP contribution in [0.1, 0.15) is 43.4 Å². The van der Waals surface area contributed by atoms with E-state index < -0.39 is 32.4 Å². The SMILES string of the molecule is O=C(O)[C@@H]1CCCC1S(=O)(=O)c1ccc(-c2cccc(CC(=O)C3(c4ccc5c(c4)OCO5)CC3)n2)cc1. The molecular formula is C29H27NO7S. The van der Waals surface area contributed by atoms with Gasteiger partial charge in [0.15, 0.2) is 21.3 Å². The Morgan fingerprint density at radius 1 is 0.974 bits per heavy atom. The summed E-state index contributed by atoms with van der Waals surface area (Å²) in [5.74, 6) is -0.474. The van der Waals surface area contributed by atoms with E-state index in [0.717, 1.165) is 24.0 Å². The number of ether oxygens (including phenoxy) is 2. The normalized spacial score (nSPS) is 21.3. The first kappa shape index (κ1) is 24.6. The van der Waals surface area contributed by atoms with Crippen molar-refractivity contribution in [3.8, 4) is 22.8 Å². The molecular weight excluding hydrogens is 506 g/mol. The summed E-state index contributed by atoms with van der Waals surface area (Å²) < 4.78 is 37.1. The van der Waals surface area contributed by atoms with Crippen LogP contribution >= 0.6 is 0 Å². The van der Waals surface area contributed by atoms with E-state index >= 15 is 0 Å². The van der Waals surface area contributed by atoms with Gasteiger partial charge >= 0.3 is 5.97 Å². The molecule has 0 spiro atoms. The number of ketones is 1. The Morgan fingerprint density at radius 2 is 1.74 bits per heavy atom. The predicted octanol–water partition coefficient (Wildman–Crippen LogP) is 4.35. The van der Waals surface area contributed by atoms with Gasteiger partial charge in [0, 0.05) is 17.7 Å². The summed E-state index contributed by atoms with van der Waals surface area (Å²) in [7, 11) is -3.76. The Labute approximate surface area is 220 Å². The third-order valence-corrected chi connectivity index (χ3v) is 10.3. The maximum atomic E-state index is 13.4. The summed E-state index contributed by atoms with van der Waals surface area (Å²) >= 11 is 0. The van der Waals surface area contributed by atoms with Crippen molar-refractivity contribution in [2.45, 2.75) is 54.1 Å². The van der Waals surface area contributed by atoms with Crippen molar-refractivity contribution in [2.24, 2.45) is 5.92 Å². The van der Waals surface area contributed by atoms with E-state index in [9.17, 15) is 23.1 Å². The molecule has 3 aromatic rings. The fourth-order valence-corrected chi connectivity index (χ4v) is 7.72. The second-order valence-corrected chi connectivity index (χ2v) is 12.4. The minimum Gasteiger partial charge on any atom is -0.481 e. The second-order valence-electron chi connectivity index (χ2n) is 10.2. The second kappa shape index (κ2) is 9.23. The van der Waals surface area contributed by atoms with Crippen LogP contribution in [-0.2, 0) is 31.3 Å². The molecule has 2 aliphatic carbocycles. The van der Waals surface area contributed by atoms with Crippen LogP contribution in [0.4, 0.5) is 0 Å². The van der Waals surface area contributed by atoms with Gasteiger partial charge in [0.05, 0.1) is 27.2 Å². The number of sulfone groups is 1. The first-order valence-corrected chi connectivity index (χ1v) is 14.3. The number of Topliss-reactive ketones (excluding diaryl/α,β-unsaturated/α-hetero) is 1. The Morgan fingerprint density at radius 3 is 2.47 bits per heavy atom. The van der Waals surface area contributed by atoms with E-state index in [1.165, 1.54) is 12.1 Å². The van der Waals surface area contributed by atoms with Gasteiger partial charge in [-0.2, -0.15) is 0 Å². The van der Waals surface area contributed by atoms with Crippen LogP contribution in [0.5, 0.6) is 11.5 Å². The van der Waals surface area contributed by atoms with Gasteiger partial charge < -0.3 is 14.6 Å². The van der Waals surface area contributed by atoms with E-state index in [2.05, 4.69) is 4.98 Å². The highest BCUT2D eigenvalue weighted by Gasteiger charge is 2.51. The summed E-state index contributed by atoms with van der Waals surface area (Å²) in [5, 5.41) is 8.52. The van der Waals surface area contributed by atoms with Gasteiger partial charge in [-0.1, -0.05) is 30.7 Å². The van der Waals surface area contributed by atoms with Crippen molar-refractivity contribution in [3.05, 3.63) is 71.9 Å². The quantitative estimate of drug-likeness (QED) is 0.454. The molecule has 2 saturated carbocycles. The monoisotopic (exact) mass is 533 g/mol. The number of carboxylic acid groups (broad SMARTS) is 1. The van der Waals surface area contributed by atoms with Crippen LogP contribution in [0.3, 0.4) is 0 Å². The molecule has 9 heteroatoms. The number of aromatic nitrogens is 1. The largest absolute Gasteiger partial charge is 0.481 e. The molecule has 6 rings (SSSR count). The number of rotatable bonds is 8. The third-order valence-electron chi connectivity index (χ3n) is 8.00. The molecule has 2 atom stereocenters. The fourth-order valence-electron chi connectivity index (χ4n) is 5.69. The van der Waals surface area contributed by atoms with Gasteiger partial charge in [0.2, 0.25) is 6.79 Å². The lowest BCUT2D eigenvalue weighted by Gasteiger charge is -2.17. The molecule has 0 saturated heterocycles. The standard InChI is InChI=1S/C29H27NO7S/c31-27(29(13-14-29)19-9-12-24-25(15-19)37-17-36-24)16-20-3-1-5-23(30-20)18-7-10-21(11-8-18)38(34,35)26-6-2-4-22(26)28(32)33/h1,3,5,7-12,15,22,26H,2,4,6,13-14,16-17H2,(H,32,33)/t22-,26?/m1/s1.